The highest BCUT2D eigenvalue weighted by molar-refractivity contribution is 9.10. The Morgan fingerprint density at radius 1 is 1.02 bits per heavy atom. The molecule has 3 atom stereocenters. The number of aliphatic carboxylic acids is 1. The summed E-state index contributed by atoms with van der Waals surface area (Å²) in [4.78, 5) is 110. The van der Waals surface area contributed by atoms with E-state index in [1.54, 1.807) is 31.4 Å². The van der Waals surface area contributed by atoms with E-state index in [0.29, 0.717) is 37.1 Å². The quantitative estimate of drug-likeness (QED) is 0.0637. The number of hydrogen-bond donors (Lipinski definition) is 4. The number of hydrogen-bond acceptors (Lipinski definition) is 11. The van der Waals surface area contributed by atoms with E-state index < -0.39 is 58.6 Å². The van der Waals surface area contributed by atoms with Crippen LogP contribution in [0, 0.1) is 17.3 Å². The number of carbonyl (C=O) groups excluding carboxylic acids is 6. The van der Waals surface area contributed by atoms with Gasteiger partial charge >= 0.3 is 17.9 Å². The van der Waals surface area contributed by atoms with Crippen LogP contribution in [0.3, 0.4) is 0 Å². The second kappa shape index (κ2) is 19.9. The molecule has 338 valence electrons. The molecule has 0 spiro atoms. The van der Waals surface area contributed by atoms with Gasteiger partial charge in [-0.2, -0.15) is 0 Å². The summed E-state index contributed by atoms with van der Waals surface area (Å²) in [5, 5.41) is 15.7. The smallest absolute Gasteiger partial charge is 0.355 e. The fourth-order valence-electron chi connectivity index (χ4n) is 9.20. The number of Topliss-reactive ketones (excluding diaryl/α,β-unsaturated/α-hetero) is 1. The lowest BCUT2D eigenvalue weighted by atomic mass is 9.71. The van der Waals surface area contributed by atoms with Crippen LogP contribution in [0.5, 0.6) is 0 Å². The minimum atomic E-state index is -1.91. The van der Waals surface area contributed by atoms with Gasteiger partial charge in [-0.3, -0.25) is 33.6 Å². The van der Waals surface area contributed by atoms with Gasteiger partial charge in [-0.15, -0.1) is 0 Å². The second-order valence-electron chi connectivity index (χ2n) is 17.6. The summed E-state index contributed by atoms with van der Waals surface area (Å²) in [5.41, 5.74) is 5.42. The maximum Gasteiger partial charge on any atom is 0.355 e. The van der Waals surface area contributed by atoms with Crippen LogP contribution in [0.25, 0.3) is 22.3 Å². The van der Waals surface area contributed by atoms with E-state index in [0.717, 1.165) is 40.2 Å². The number of ketones is 1. The lowest BCUT2D eigenvalue weighted by Crippen LogP contribution is -2.52. The number of carboxylic acid groups (broad SMARTS) is 1. The van der Waals surface area contributed by atoms with Crippen molar-refractivity contribution >= 4 is 68.2 Å². The number of amides is 3. The van der Waals surface area contributed by atoms with Gasteiger partial charge in [0.05, 0.1) is 41.9 Å². The number of aromatic nitrogens is 2. The zero-order valence-corrected chi connectivity index (χ0v) is 37.6. The second-order valence-corrected chi connectivity index (χ2v) is 18.4. The Morgan fingerprint density at radius 3 is 2.44 bits per heavy atom. The molecule has 2 aliphatic heterocycles. The first-order valence-corrected chi connectivity index (χ1v) is 22.6. The number of nitrogens with two attached hydrogens (primary N) is 1. The van der Waals surface area contributed by atoms with Crippen LogP contribution in [-0.4, -0.2) is 68.7 Å². The monoisotopic (exact) mass is 933 g/mol. The molecule has 5 N–H and O–H groups in total. The number of carbonyl (C=O) groups is 7. The van der Waals surface area contributed by atoms with Gasteiger partial charge in [0.1, 0.15) is 18.4 Å². The molecule has 3 amide bonds. The van der Waals surface area contributed by atoms with E-state index in [1.807, 2.05) is 24.3 Å². The Labute approximate surface area is 373 Å². The number of esters is 2. The maximum atomic E-state index is 14.3. The van der Waals surface area contributed by atoms with Crippen molar-refractivity contribution in [2.75, 3.05) is 6.54 Å². The third-order valence-corrected chi connectivity index (χ3v) is 13.5. The summed E-state index contributed by atoms with van der Waals surface area (Å²) in [5.74, 6) is -5.65. The van der Waals surface area contributed by atoms with E-state index in [-0.39, 0.29) is 93.0 Å². The van der Waals surface area contributed by atoms with E-state index in [4.69, 9.17) is 25.3 Å². The third kappa shape index (κ3) is 10.5. The summed E-state index contributed by atoms with van der Waals surface area (Å²) in [6.45, 7) is 5.26. The summed E-state index contributed by atoms with van der Waals surface area (Å²) in [7, 11) is 0. The van der Waals surface area contributed by atoms with Crippen molar-refractivity contribution in [3.63, 3.8) is 0 Å². The van der Waals surface area contributed by atoms with Gasteiger partial charge < -0.3 is 35.5 Å². The summed E-state index contributed by atoms with van der Waals surface area (Å²) in [6.07, 6.45) is 3.66. The number of rotatable bonds is 20. The van der Waals surface area contributed by atoms with Crippen molar-refractivity contribution in [3.8, 4) is 11.4 Å². The highest BCUT2D eigenvalue weighted by atomic mass is 79.9. The fourth-order valence-corrected chi connectivity index (χ4v) is 9.67. The number of nitrogens with zero attached hydrogens (tertiary/aromatic N) is 2. The topological polar surface area (TPSA) is 243 Å². The first-order valence-electron chi connectivity index (χ1n) is 21.8. The molecule has 63 heavy (non-hydrogen) atoms. The molecule has 0 bridgehead atoms. The van der Waals surface area contributed by atoms with Gasteiger partial charge in [-0.05, 0) is 67.7 Å². The Kier molecular flexibility index (Phi) is 14.9. The molecule has 6 rings (SSSR count). The molecule has 0 radical (unpaired) electrons. The average Bonchev–Trinajstić information content (AvgIpc) is 3.60. The SMILES string of the molecule is CC[C@@]1(OC(=O)CC2(CNC(=O)[C@H](CCCCC(N)=O)NC(=O)[C@@H](CC(=O)CCC(=O)O)C(C)C)CCCCC2)C(=O)OCc2c1cc1n(c2=O)Cc2cc3c(Br)cccc3nc2-1. The first-order chi connectivity index (χ1) is 30.0. The predicted octanol–water partition coefficient (Wildman–Crippen LogP) is 5.48. The number of ether oxygens (including phenoxy) is 2. The van der Waals surface area contributed by atoms with Crippen molar-refractivity contribution in [2.45, 2.75) is 135 Å². The molecule has 1 fully saturated rings. The fraction of sp³-hybridized carbons (Fsp3) is 0.543. The zero-order valence-electron chi connectivity index (χ0n) is 36.0. The van der Waals surface area contributed by atoms with Gasteiger partial charge in [0.25, 0.3) is 5.56 Å². The lowest BCUT2D eigenvalue weighted by molar-refractivity contribution is -0.191. The van der Waals surface area contributed by atoms with E-state index in [9.17, 15) is 38.4 Å². The number of unbranched alkanes of at least 4 members (excludes halogenated alkanes) is 1. The van der Waals surface area contributed by atoms with Crippen molar-refractivity contribution in [1.82, 2.24) is 20.2 Å². The molecular weight excluding hydrogens is 878 g/mol. The number of primary amides is 1. The minimum absolute atomic E-state index is 0.0121. The Bertz CT molecular complexity index is 2370. The number of fused-ring (bicyclic) bond motifs is 5. The molecular formula is C46H56BrN5O11. The van der Waals surface area contributed by atoms with Crippen molar-refractivity contribution in [3.05, 3.63) is 61.8 Å². The van der Waals surface area contributed by atoms with Gasteiger partial charge in [-0.1, -0.05) is 68.5 Å². The van der Waals surface area contributed by atoms with Crippen LogP contribution in [0.1, 0.15) is 127 Å². The van der Waals surface area contributed by atoms with Gasteiger partial charge in [0.2, 0.25) is 23.3 Å². The van der Waals surface area contributed by atoms with Crippen molar-refractivity contribution < 1.29 is 48.1 Å². The molecule has 4 heterocycles. The van der Waals surface area contributed by atoms with E-state index >= 15 is 0 Å². The van der Waals surface area contributed by atoms with E-state index in [1.165, 1.54) is 0 Å². The van der Waals surface area contributed by atoms with Gasteiger partial charge in [0, 0.05) is 52.7 Å². The van der Waals surface area contributed by atoms with Crippen LogP contribution in [0.4, 0.5) is 0 Å². The summed E-state index contributed by atoms with van der Waals surface area (Å²) in [6, 6.07) is 8.33. The molecule has 0 saturated heterocycles. The zero-order chi connectivity index (χ0) is 45.6. The molecule has 1 aliphatic carbocycles. The molecule has 3 aliphatic rings. The standard InChI is InChI=1S/C46H56BrN5O11/c1-4-46(32-21-36-40-27(19-30-33(47)11-10-13-34(30)50-40)23-52(36)43(60)31(32)24-62-44(46)61)63-39(57)22-45(17-8-5-9-18-45)25-49-42(59)35(12-6-7-14-37(48)54)51-41(58)29(26(2)3)20-28(53)15-16-38(55)56/h10-11,13,19,21,26,29,35H,4-9,12,14-18,20,22-25H2,1-3H3,(H2,48,54)(H,49,59)(H,51,58)(H,55,56)/t29-,35-,46-/m0/s1. The minimum Gasteiger partial charge on any atom is -0.481 e. The highest BCUT2D eigenvalue weighted by Gasteiger charge is 2.51. The largest absolute Gasteiger partial charge is 0.481 e. The molecule has 1 aromatic carbocycles. The summed E-state index contributed by atoms with van der Waals surface area (Å²) >= 11 is 3.59. The first kappa shape index (κ1) is 47.0. The molecule has 3 aromatic rings. The van der Waals surface area contributed by atoms with Crippen LogP contribution in [-0.2, 0) is 61.8 Å². The van der Waals surface area contributed by atoms with Crippen LogP contribution < -0.4 is 21.9 Å². The number of pyridine rings is 2. The Morgan fingerprint density at radius 2 is 1.76 bits per heavy atom. The predicted molar refractivity (Wildman–Crippen MR) is 234 cm³/mol. The summed E-state index contributed by atoms with van der Waals surface area (Å²) < 4.78 is 14.3. The number of nitrogens with one attached hydrogen (secondary N) is 2. The maximum absolute atomic E-state index is 14.3. The van der Waals surface area contributed by atoms with Crippen molar-refractivity contribution in [2.24, 2.45) is 23.0 Å². The van der Waals surface area contributed by atoms with Crippen LogP contribution in [0.15, 0.2) is 39.6 Å². The number of halogens is 1. The van der Waals surface area contributed by atoms with Crippen LogP contribution >= 0.6 is 15.9 Å². The third-order valence-electron chi connectivity index (χ3n) is 12.8. The number of carboxylic acids is 1. The normalized spacial score (nSPS) is 18.3. The highest BCUT2D eigenvalue weighted by Crippen LogP contribution is 2.44. The van der Waals surface area contributed by atoms with Gasteiger partial charge in [-0.25, -0.2) is 9.78 Å². The number of cyclic esters (lactones) is 1. The molecule has 16 nitrogen and oxygen atoms in total. The average molecular weight is 935 g/mol. The molecule has 0 unspecified atom stereocenters. The lowest BCUT2D eigenvalue weighted by Gasteiger charge is -2.39. The Hall–Kier alpha value is -5.45. The van der Waals surface area contributed by atoms with Crippen LogP contribution in [0.2, 0.25) is 0 Å². The van der Waals surface area contributed by atoms with Gasteiger partial charge in [0.15, 0.2) is 0 Å². The number of benzene rings is 1. The molecule has 1 saturated carbocycles. The molecule has 17 heteroatoms. The molecule has 2 aromatic heterocycles. The van der Waals surface area contributed by atoms with Crippen molar-refractivity contribution in [1.29, 1.82) is 0 Å². The van der Waals surface area contributed by atoms with E-state index in [2.05, 4.69) is 26.6 Å². The Balaban J connectivity index is 1.21.